The van der Waals surface area contributed by atoms with Crippen molar-refractivity contribution in [2.45, 2.75) is 59.4 Å². The van der Waals surface area contributed by atoms with Gasteiger partial charge in [0, 0.05) is 18.5 Å². The van der Waals surface area contributed by atoms with Crippen LogP contribution in [0.3, 0.4) is 0 Å². The zero-order valence-corrected chi connectivity index (χ0v) is 13.0. The third-order valence-electron chi connectivity index (χ3n) is 4.01. The number of hydrogen-bond donors (Lipinski definition) is 2. The molecule has 0 aliphatic heterocycles. The zero-order chi connectivity index (χ0) is 13.1. The molecule has 18 heavy (non-hydrogen) atoms. The number of nitrogens with two attached hydrogens (primary N) is 1. The van der Waals surface area contributed by atoms with Crippen molar-refractivity contribution in [2.24, 2.45) is 23.0 Å². The molecule has 3 nitrogen and oxygen atoms in total. The summed E-state index contributed by atoms with van der Waals surface area (Å²) < 4.78 is 0. The molecule has 0 spiro atoms. The van der Waals surface area contributed by atoms with Gasteiger partial charge >= 0.3 is 0 Å². The van der Waals surface area contributed by atoms with E-state index in [4.69, 9.17) is 5.73 Å². The van der Waals surface area contributed by atoms with E-state index in [1.807, 2.05) is 6.92 Å². The van der Waals surface area contributed by atoms with E-state index in [0.717, 1.165) is 6.42 Å². The quantitative estimate of drug-likeness (QED) is 0.833. The standard InChI is InChI=1S/C14H28N2O.ClH/c1-10(9-15)13(17)16-12-8-6-5-7-11(12)14(2,3)4;/h10-12H,5-9,15H2,1-4H3,(H,16,17);1H. The second-order valence-electron chi connectivity index (χ2n) is 6.51. The average Bonchev–Trinajstić information content (AvgIpc) is 2.27. The van der Waals surface area contributed by atoms with Gasteiger partial charge in [-0.25, -0.2) is 0 Å². The topological polar surface area (TPSA) is 55.1 Å². The lowest BCUT2D eigenvalue weighted by molar-refractivity contribution is -0.125. The molecule has 1 saturated carbocycles. The van der Waals surface area contributed by atoms with Crippen LogP contribution in [0.1, 0.15) is 53.4 Å². The molecule has 108 valence electrons. The highest BCUT2D eigenvalue weighted by molar-refractivity contribution is 5.85. The molecule has 0 radical (unpaired) electrons. The maximum atomic E-state index is 11.9. The highest BCUT2D eigenvalue weighted by atomic mass is 35.5. The maximum absolute atomic E-state index is 11.9. The summed E-state index contributed by atoms with van der Waals surface area (Å²) in [4.78, 5) is 11.9. The normalized spacial score (nSPS) is 26.1. The van der Waals surface area contributed by atoms with E-state index in [1.165, 1.54) is 19.3 Å². The summed E-state index contributed by atoms with van der Waals surface area (Å²) in [6.45, 7) is 9.14. The highest BCUT2D eigenvalue weighted by Crippen LogP contribution is 2.38. The van der Waals surface area contributed by atoms with Gasteiger partial charge in [0.25, 0.3) is 0 Å². The van der Waals surface area contributed by atoms with Crippen LogP contribution in [0, 0.1) is 17.3 Å². The van der Waals surface area contributed by atoms with E-state index in [-0.39, 0.29) is 29.6 Å². The van der Waals surface area contributed by atoms with Crippen LogP contribution in [0.5, 0.6) is 0 Å². The molecule has 0 saturated heterocycles. The summed E-state index contributed by atoms with van der Waals surface area (Å²) in [5.74, 6) is 0.636. The Hall–Kier alpha value is -0.280. The first-order chi connectivity index (χ1) is 7.86. The van der Waals surface area contributed by atoms with Gasteiger partial charge in [-0.1, -0.05) is 40.5 Å². The average molecular weight is 277 g/mol. The molecule has 1 aliphatic carbocycles. The number of amides is 1. The molecule has 1 amide bonds. The number of carbonyl (C=O) groups excluding carboxylic acids is 1. The van der Waals surface area contributed by atoms with Gasteiger partial charge in [-0.2, -0.15) is 0 Å². The fourth-order valence-electron chi connectivity index (χ4n) is 2.77. The van der Waals surface area contributed by atoms with Crippen LogP contribution in [0.25, 0.3) is 0 Å². The lowest BCUT2D eigenvalue weighted by atomic mass is 9.69. The Balaban J connectivity index is 0.00000289. The Morgan fingerprint density at radius 1 is 1.33 bits per heavy atom. The van der Waals surface area contributed by atoms with Crippen molar-refractivity contribution in [3.63, 3.8) is 0 Å². The van der Waals surface area contributed by atoms with Gasteiger partial charge in [0.05, 0.1) is 0 Å². The molecule has 4 heteroatoms. The van der Waals surface area contributed by atoms with Gasteiger partial charge in [0.1, 0.15) is 0 Å². The van der Waals surface area contributed by atoms with Gasteiger partial charge in [-0.05, 0) is 24.2 Å². The summed E-state index contributed by atoms with van der Waals surface area (Å²) in [5, 5.41) is 3.21. The van der Waals surface area contributed by atoms with E-state index in [2.05, 4.69) is 26.1 Å². The molecule has 0 aromatic carbocycles. The Bertz CT molecular complexity index is 263. The third-order valence-corrected chi connectivity index (χ3v) is 4.01. The van der Waals surface area contributed by atoms with Crippen molar-refractivity contribution in [2.75, 3.05) is 6.54 Å². The fourth-order valence-corrected chi connectivity index (χ4v) is 2.77. The first-order valence-corrected chi connectivity index (χ1v) is 6.86. The van der Waals surface area contributed by atoms with Crippen LogP contribution in [-0.2, 0) is 4.79 Å². The van der Waals surface area contributed by atoms with Crippen molar-refractivity contribution in [1.82, 2.24) is 5.32 Å². The molecule has 3 atom stereocenters. The molecule has 1 fully saturated rings. The van der Waals surface area contributed by atoms with E-state index in [0.29, 0.717) is 18.5 Å². The molecule has 1 aliphatic rings. The molecule has 0 aromatic heterocycles. The predicted molar refractivity (Wildman–Crippen MR) is 78.8 cm³/mol. The summed E-state index contributed by atoms with van der Waals surface area (Å²) >= 11 is 0. The van der Waals surface area contributed by atoms with Crippen molar-refractivity contribution in [3.05, 3.63) is 0 Å². The van der Waals surface area contributed by atoms with E-state index >= 15 is 0 Å². The summed E-state index contributed by atoms with van der Waals surface area (Å²) in [6, 6.07) is 0.338. The van der Waals surface area contributed by atoms with Gasteiger partial charge < -0.3 is 11.1 Å². The minimum atomic E-state index is -0.0717. The molecule has 0 bridgehead atoms. The van der Waals surface area contributed by atoms with Crippen LogP contribution >= 0.6 is 12.4 Å². The first-order valence-electron chi connectivity index (χ1n) is 6.86. The van der Waals surface area contributed by atoms with Gasteiger partial charge in [-0.15, -0.1) is 12.4 Å². The third kappa shape index (κ3) is 4.77. The summed E-state index contributed by atoms with van der Waals surface area (Å²) in [7, 11) is 0. The van der Waals surface area contributed by atoms with Crippen LogP contribution in [0.4, 0.5) is 0 Å². The molecule has 1 rings (SSSR count). The second kappa shape index (κ2) is 7.34. The van der Waals surface area contributed by atoms with Crippen molar-refractivity contribution in [3.8, 4) is 0 Å². The zero-order valence-electron chi connectivity index (χ0n) is 12.2. The van der Waals surface area contributed by atoms with Gasteiger partial charge in [-0.3, -0.25) is 4.79 Å². The lowest BCUT2D eigenvalue weighted by Crippen LogP contribution is -2.48. The lowest BCUT2D eigenvalue weighted by Gasteiger charge is -2.41. The number of hydrogen-bond acceptors (Lipinski definition) is 2. The number of halogens is 1. The number of carbonyl (C=O) groups is 1. The van der Waals surface area contributed by atoms with Crippen LogP contribution in [-0.4, -0.2) is 18.5 Å². The highest BCUT2D eigenvalue weighted by Gasteiger charge is 2.35. The SMILES string of the molecule is CC(CN)C(=O)NC1CCCCC1C(C)(C)C.Cl. The Morgan fingerprint density at radius 3 is 2.39 bits per heavy atom. The minimum Gasteiger partial charge on any atom is -0.353 e. The minimum absolute atomic E-state index is 0. The van der Waals surface area contributed by atoms with E-state index in [1.54, 1.807) is 0 Å². The van der Waals surface area contributed by atoms with Crippen molar-refractivity contribution in [1.29, 1.82) is 0 Å². The summed E-state index contributed by atoms with van der Waals surface area (Å²) in [5.41, 5.74) is 5.81. The smallest absolute Gasteiger partial charge is 0.224 e. The van der Waals surface area contributed by atoms with E-state index < -0.39 is 0 Å². The fraction of sp³-hybridized carbons (Fsp3) is 0.929. The molecular formula is C14H29ClN2O. The second-order valence-corrected chi connectivity index (χ2v) is 6.51. The molecule has 0 heterocycles. The first kappa shape index (κ1) is 17.7. The molecular weight excluding hydrogens is 248 g/mol. The largest absolute Gasteiger partial charge is 0.353 e. The number of nitrogens with one attached hydrogen (secondary N) is 1. The predicted octanol–water partition coefficient (Wildman–Crippen LogP) is 2.72. The van der Waals surface area contributed by atoms with Crippen LogP contribution in [0.15, 0.2) is 0 Å². The van der Waals surface area contributed by atoms with Gasteiger partial charge in [0.2, 0.25) is 5.91 Å². The molecule has 0 aromatic rings. The molecule has 3 unspecified atom stereocenters. The Kier molecular flexibility index (Phi) is 7.23. The van der Waals surface area contributed by atoms with Crippen LogP contribution < -0.4 is 11.1 Å². The van der Waals surface area contributed by atoms with Crippen LogP contribution in [0.2, 0.25) is 0 Å². The maximum Gasteiger partial charge on any atom is 0.224 e. The van der Waals surface area contributed by atoms with Crippen molar-refractivity contribution < 1.29 is 4.79 Å². The Morgan fingerprint density at radius 2 is 1.89 bits per heavy atom. The van der Waals surface area contributed by atoms with Crippen molar-refractivity contribution >= 4 is 18.3 Å². The number of rotatable bonds is 3. The molecule has 3 N–H and O–H groups in total. The Labute approximate surface area is 118 Å². The van der Waals surface area contributed by atoms with Gasteiger partial charge in [0.15, 0.2) is 0 Å². The monoisotopic (exact) mass is 276 g/mol. The summed E-state index contributed by atoms with van der Waals surface area (Å²) in [6.07, 6.45) is 4.87. The van der Waals surface area contributed by atoms with E-state index in [9.17, 15) is 4.79 Å².